The zero-order valence-corrected chi connectivity index (χ0v) is 13.3. The lowest BCUT2D eigenvalue weighted by Gasteiger charge is -2.36. The van der Waals surface area contributed by atoms with Crippen LogP contribution >= 0.6 is 35.9 Å². The fourth-order valence-electron chi connectivity index (χ4n) is 2.48. The molecule has 0 spiro atoms. The van der Waals surface area contributed by atoms with Crippen molar-refractivity contribution in [3.05, 3.63) is 0 Å². The van der Waals surface area contributed by atoms with E-state index in [1.807, 2.05) is 23.5 Å². The first-order chi connectivity index (χ1) is 8.18. The van der Waals surface area contributed by atoms with Crippen LogP contribution in [0.3, 0.4) is 0 Å². The summed E-state index contributed by atoms with van der Waals surface area (Å²) in [5.41, 5.74) is 5.92. The average molecular weight is 311 g/mol. The Morgan fingerprint density at radius 1 is 1.33 bits per heavy atom. The molecule has 2 aliphatic rings. The van der Waals surface area contributed by atoms with Crippen molar-refractivity contribution in [2.24, 2.45) is 11.7 Å². The third-order valence-electron chi connectivity index (χ3n) is 3.69. The lowest BCUT2D eigenvalue weighted by atomic mass is 9.91. The zero-order chi connectivity index (χ0) is 12.3. The van der Waals surface area contributed by atoms with Crippen molar-refractivity contribution < 1.29 is 4.79 Å². The van der Waals surface area contributed by atoms with Crippen molar-refractivity contribution in [1.82, 2.24) is 4.90 Å². The molecule has 18 heavy (non-hydrogen) atoms. The van der Waals surface area contributed by atoms with Crippen molar-refractivity contribution >= 4 is 41.8 Å². The van der Waals surface area contributed by atoms with Crippen LogP contribution in [-0.4, -0.2) is 52.4 Å². The number of thioether (sulfide) groups is 2. The molecule has 2 rings (SSSR count). The van der Waals surface area contributed by atoms with Gasteiger partial charge < -0.3 is 10.6 Å². The monoisotopic (exact) mass is 310 g/mol. The van der Waals surface area contributed by atoms with Crippen molar-refractivity contribution in [2.75, 3.05) is 30.3 Å². The van der Waals surface area contributed by atoms with Crippen molar-refractivity contribution in [2.45, 2.75) is 31.1 Å². The van der Waals surface area contributed by atoms with Gasteiger partial charge in [0.1, 0.15) is 0 Å². The predicted octanol–water partition coefficient (Wildman–Crippen LogP) is 1.84. The van der Waals surface area contributed by atoms with E-state index in [9.17, 15) is 4.79 Å². The van der Waals surface area contributed by atoms with Crippen LogP contribution in [0.15, 0.2) is 0 Å². The number of piperidine rings is 1. The van der Waals surface area contributed by atoms with Gasteiger partial charge in [0, 0.05) is 36.4 Å². The molecule has 0 bridgehead atoms. The highest BCUT2D eigenvalue weighted by molar-refractivity contribution is 8.07. The predicted molar refractivity (Wildman–Crippen MR) is 83.8 cm³/mol. The van der Waals surface area contributed by atoms with E-state index in [0.29, 0.717) is 11.8 Å². The van der Waals surface area contributed by atoms with Gasteiger partial charge in [0.05, 0.1) is 5.25 Å². The third-order valence-corrected chi connectivity index (χ3v) is 6.43. The van der Waals surface area contributed by atoms with E-state index in [4.69, 9.17) is 5.73 Å². The highest BCUT2D eigenvalue weighted by Crippen LogP contribution is 2.27. The van der Waals surface area contributed by atoms with E-state index in [1.165, 1.54) is 5.75 Å². The maximum atomic E-state index is 12.3. The molecular weight excluding hydrogens is 288 g/mol. The van der Waals surface area contributed by atoms with Gasteiger partial charge in [-0.3, -0.25) is 4.79 Å². The summed E-state index contributed by atoms with van der Waals surface area (Å²) in [5, 5.41) is 0.209. The van der Waals surface area contributed by atoms with Gasteiger partial charge in [0.2, 0.25) is 5.91 Å². The number of amides is 1. The number of rotatable bonds is 2. The van der Waals surface area contributed by atoms with Gasteiger partial charge in [-0.1, -0.05) is 0 Å². The van der Waals surface area contributed by atoms with Gasteiger partial charge in [-0.15, -0.1) is 24.2 Å². The first-order valence-electron chi connectivity index (χ1n) is 6.42. The molecule has 3 nitrogen and oxygen atoms in total. The quantitative estimate of drug-likeness (QED) is 0.845. The van der Waals surface area contributed by atoms with E-state index in [-0.39, 0.29) is 23.7 Å². The summed E-state index contributed by atoms with van der Waals surface area (Å²) < 4.78 is 0. The number of carbonyl (C=O) groups excluding carboxylic acids is 1. The number of hydrogen-bond donors (Lipinski definition) is 1. The molecule has 0 aromatic heterocycles. The fourth-order valence-corrected chi connectivity index (χ4v) is 5.11. The molecule has 2 aliphatic heterocycles. The van der Waals surface area contributed by atoms with Crippen LogP contribution in [-0.2, 0) is 4.79 Å². The van der Waals surface area contributed by atoms with Crippen LogP contribution in [0.2, 0.25) is 0 Å². The molecule has 1 amide bonds. The Labute approximate surface area is 124 Å². The Morgan fingerprint density at radius 3 is 2.50 bits per heavy atom. The highest BCUT2D eigenvalue weighted by atomic mass is 35.5. The summed E-state index contributed by atoms with van der Waals surface area (Å²) in [6.07, 6.45) is 2.15. The Bertz CT molecular complexity index is 265. The van der Waals surface area contributed by atoms with E-state index in [0.717, 1.165) is 37.4 Å². The lowest BCUT2D eigenvalue weighted by molar-refractivity contribution is -0.131. The molecular formula is C12H23ClN2OS2. The number of likely N-dealkylation sites (tertiary alicyclic amines) is 1. The minimum atomic E-state index is 0. The summed E-state index contributed by atoms with van der Waals surface area (Å²) >= 11 is 3.75. The normalized spacial score (nSPS) is 27.4. The second-order valence-corrected chi connectivity index (χ2v) is 7.42. The lowest BCUT2D eigenvalue weighted by Crippen LogP contribution is -2.46. The molecule has 0 saturated carbocycles. The summed E-state index contributed by atoms with van der Waals surface area (Å²) in [5.74, 6) is 4.28. The smallest absolute Gasteiger partial charge is 0.236 e. The second kappa shape index (κ2) is 7.88. The van der Waals surface area contributed by atoms with E-state index in [1.54, 1.807) is 0 Å². The molecule has 2 fully saturated rings. The zero-order valence-electron chi connectivity index (χ0n) is 10.8. The second-order valence-electron chi connectivity index (χ2n) is 4.96. The summed E-state index contributed by atoms with van der Waals surface area (Å²) in [6.45, 7) is 3.90. The topological polar surface area (TPSA) is 46.3 Å². The molecule has 6 heteroatoms. The standard InChI is InChI=1S/C12H22N2OS2.ClH/c1-9(13)10-2-4-14(5-3-10)12(15)11-8-16-6-7-17-11;/h9-11H,2-8,13H2,1H3;1H. The summed E-state index contributed by atoms with van der Waals surface area (Å²) in [4.78, 5) is 14.3. The Kier molecular flexibility index (Phi) is 7.21. The number of carbonyl (C=O) groups is 1. The van der Waals surface area contributed by atoms with Gasteiger partial charge in [-0.2, -0.15) is 11.8 Å². The van der Waals surface area contributed by atoms with Gasteiger partial charge >= 0.3 is 0 Å². The summed E-state index contributed by atoms with van der Waals surface area (Å²) in [6, 6.07) is 0.270. The number of halogens is 1. The Morgan fingerprint density at radius 2 is 2.00 bits per heavy atom. The molecule has 2 saturated heterocycles. The van der Waals surface area contributed by atoms with Crippen molar-refractivity contribution in [1.29, 1.82) is 0 Å². The third kappa shape index (κ3) is 4.22. The number of hydrogen-bond acceptors (Lipinski definition) is 4. The van der Waals surface area contributed by atoms with Gasteiger partial charge in [0.25, 0.3) is 0 Å². The highest BCUT2D eigenvalue weighted by Gasteiger charge is 2.30. The average Bonchev–Trinajstić information content (AvgIpc) is 2.39. The molecule has 2 heterocycles. The first kappa shape index (κ1) is 16.5. The van der Waals surface area contributed by atoms with Crippen LogP contribution < -0.4 is 5.73 Å². The minimum absolute atomic E-state index is 0. The molecule has 106 valence electrons. The number of nitrogens with two attached hydrogens (primary N) is 1. The molecule has 0 aromatic rings. The minimum Gasteiger partial charge on any atom is -0.342 e. The molecule has 0 aliphatic carbocycles. The van der Waals surface area contributed by atoms with Crippen LogP contribution in [0.5, 0.6) is 0 Å². The van der Waals surface area contributed by atoms with Crippen LogP contribution in [0.4, 0.5) is 0 Å². The van der Waals surface area contributed by atoms with Crippen LogP contribution in [0.25, 0.3) is 0 Å². The first-order valence-corrected chi connectivity index (χ1v) is 8.62. The van der Waals surface area contributed by atoms with E-state index >= 15 is 0 Å². The van der Waals surface area contributed by atoms with E-state index < -0.39 is 0 Å². The molecule has 2 N–H and O–H groups in total. The maximum absolute atomic E-state index is 12.3. The molecule has 0 aromatic carbocycles. The fraction of sp³-hybridized carbons (Fsp3) is 0.917. The van der Waals surface area contributed by atoms with Gasteiger partial charge in [0.15, 0.2) is 0 Å². The van der Waals surface area contributed by atoms with Crippen LogP contribution in [0.1, 0.15) is 19.8 Å². The van der Waals surface area contributed by atoms with E-state index in [2.05, 4.69) is 11.8 Å². The summed E-state index contributed by atoms with van der Waals surface area (Å²) in [7, 11) is 0. The Balaban J connectivity index is 0.00000162. The molecule has 2 unspecified atom stereocenters. The molecule has 2 atom stereocenters. The SMILES string of the molecule is CC(N)C1CCN(C(=O)C2CSCCS2)CC1.Cl. The maximum Gasteiger partial charge on any atom is 0.236 e. The largest absolute Gasteiger partial charge is 0.342 e. The van der Waals surface area contributed by atoms with Crippen molar-refractivity contribution in [3.8, 4) is 0 Å². The van der Waals surface area contributed by atoms with Gasteiger partial charge in [-0.05, 0) is 25.7 Å². The Hall–Kier alpha value is 0.420. The molecule has 0 radical (unpaired) electrons. The van der Waals surface area contributed by atoms with Gasteiger partial charge in [-0.25, -0.2) is 0 Å². The number of nitrogens with zero attached hydrogens (tertiary/aromatic N) is 1. The van der Waals surface area contributed by atoms with Crippen molar-refractivity contribution in [3.63, 3.8) is 0 Å². The van der Waals surface area contributed by atoms with Crippen LogP contribution in [0, 0.1) is 5.92 Å².